The van der Waals surface area contributed by atoms with Crippen LogP contribution >= 0.6 is 12.6 Å². The highest BCUT2D eigenvalue weighted by Gasteiger charge is 2.25. The summed E-state index contributed by atoms with van der Waals surface area (Å²) in [6.45, 7) is 4.59. The molecule has 156 valence electrons. The van der Waals surface area contributed by atoms with Gasteiger partial charge in [0.15, 0.2) is 0 Å². The Bertz CT molecular complexity index is 986. The van der Waals surface area contributed by atoms with Gasteiger partial charge >= 0.3 is 0 Å². The summed E-state index contributed by atoms with van der Waals surface area (Å²) in [5, 5.41) is 14.0. The van der Waals surface area contributed by atoms with Crippen LogP contribution in [0.2, 0.25) is 0 Å². The minimum atomic E-state index is -0.492. The number of carbonyl (C=O) groups is 2. The maximum Gasteiger partial charge on any atom is 0.251 e. The molecule has 0 aliphatic carbocycles. The third-order valence-electron chi connectivity index (χ3n) is 4.61. The minimum Gasteiger partial charge on any atom is -0.350 e. The molecule has 30 heavy (non-hydrogen) atoms. The second-order valence-corrected chi connectivity index (χ2v) is 7.83. The van der Waals surface area contributed by atoms with Gasteiger partial charge in [-0.1, -0.05) is 49.4 Å². The van der Waals surface area contributed by atoms with Crippen molar-refractivity contribution in [3.8, 4) is 0 Å². The standard InChI is InChI=1S/C22H25N5O2S/c1-15(2)20(22(29)23-12-16-6-4-3-5-7-16)27-14-18(25-26-27)13-24-21(28)17-8-10-19(30)11-9-17/h3-11,14-15,20,30H,12-13H2,1-2H3,(H,23,29)(H,24,28)/t20-/m0/s1. The molecule has 0 saturated heterocycles. The topological polar surface area (TPSA) is 88.9 Å². The zero-order valence-corrected chi connectivity index (χ0v) is 17.8. The van der Waals surface area contributed by atoms with Crippen LogP contribution in [0.3, 0.4) is 0 Å². The van der Waals surface area contributed by atoms with Gasteiger partial charge in [-0.05, 0) is 35.7 Å². The Hall–Kier alpha value is -3.13. The van der Waals surface area contributed by atoms with Gasteiger partial charge < -0.3 is 10.6 Å². The summed E-state index contributed by atoms with van der Waals surface area (Å²) in [7, 11) is 0. The number of aromatic nitrogens is 3. The van der Waals surface area contributed by atoms with E-state index in [0.717, 1.165) is 10.5 Å². The first-order valence-electron chi connectivity index (χ1n) is 9.73. The Kier molecular flexibility index (Phi) is 7.24. The number of hydrogen-bond donors (Lipinski definition) is 3. The number of amides is 2. The largest absolute Gasteiger partial charge is 0.350 e. The van der Waals surface area contributed by atoms with Gasteiger partial charge in [0, 0.05) is 17.0 Å². The minimum absolute atomic E-state index is 0.0182. The second-order valence-electron chi connectivity index (χ2n) is 7.31. The predicted octanol–water partition coefficient (Wildman–Crippen LogP) is 3.01. The molecule has 1 aromatic heterocycles. The van der Waals surface area contributed by atoms with Gasteiger partial charge in [0.05, 0.1) is 12.7 Å². The molecule has 0 aliphatic heterocycles. The molecule has 0 bridgehead atoms. The van der Waals surface area contributed by atoms with Crippen molar-refractivity contribution >= 4 is 24.4 Å². The summed E-state index contributed by atoms with van der Waals surface area (Å²) in [5.41, 5.74) is 2.15. The van der Waals surface area contributed by atoms with Crippen molar-refractivity contribution in [2.45, 2.75) is 37.9 Å². The molecule has 3 aromatic rings. The lowest BCUT2D eigenvalue weighted by Crippen LogP contribution is -2.35. The zero-order valence-electron chi connectivity index (χ0n) is 16.9. The van der Waals surface area contributed by atoms with E-state index in [2.05, 4.69) is 33.6 Å². The number of rotatable bonds is 8. The number of nitrogens with zero attached hydrogens (tertiary/aromatic N) is 3. The lowest BCUT2D eigenvalue weighted by Gasteiger charge is -2.20. The predicted molar refractivity (Wildman–Crippen MR) is 117 cm³/mol. The summed E-state index contributed by atoms with van der Waals surface area (Å²) in [6.07, 6.45) is 1.70. The van der Waals surface area contributed by atoms with Gasteiger partial charge in [-0.3, -0.25) is 9.59 Å². The van der Waals surface area contributed by atoms with Crippen LogP contribution in [-0.4, -0.2) is 26.8 Å². The van der Waals surface area contributed by atoms with E-state index in [0.29, 0.717) is 17.8 Å². The van der Waals surface area contributed by atoms with Crippen LogP contribution in [0.1, 0.15) is 41.5 Å². The van der Waals surface area contributed by atoms with Crippen LogP contribution in [-0.2, 0) is 17.9 Å². The van der Waals surface area contributed by atoms with E-state index in [9.17, 15) is 9.59 Å². The summed E-state index contributed by atoms with van der Waals surface area (Å²) < 4.78 is 1.56. The van der Waals surface area contributed by atoms with Crippen molar-refractivity contribution in [2.75, 3.05) is 0 Å². The van der Waals surface area contributed by atoms with Crippen LogP contribution in [0.4, 0.5) is 0 Å². The highest BCUT2D eigenvalue weighted by molar-refractivity contribution is 7.80. The Labute approximate surface area is 181 Å². The maximum absolute atomic E-state index is 12.8. The fraction of sp³-hybridized carbons (Fsp3) is 0.273. The van der Waals surface area contributed by atoms with E-state index < -0.39 is 6.04 Å². The van der Waals surface area contributed by atoms with Crippen molar-refractivity contribution in [1.82, 2.24) is 25.6 Å². The highest BCUT2D eigenvalue weighted by atomic mass is 32.1. The van der Waals surface area contributed by atoms with Crippen molar-refractivity contribution in [2.24, 2.45) is 5.92 Å². The van der Waals surface area contributed by atoms with Gasteiger partial charge in [-0.25, -0.2) is 4.68 Å². The first kappa shape index (κ1) is 21.6. The fourth-order valence-corrected chi connectivity index (χ4v) is 3.18. The summed E-state index contributed by atoms with van der Waals surface area (Å²) in [4.78, 5) is 25.8. The average molecular weight is 424 g/mol. The van der Waals surface area contributed by atoms with Crippen LogP contribution in [0.5, 0.6) is 0 Å². The van der Waals surface area contributed by atoms with E-state index in [1.807, 2.05) is 44.2 Å². The van der Waals surface area contributed by atoms with Gasteiger partial charge in [-0.15, -0.1) is 17.7 Å². The molecule has 7 nitrogen and oxygen atoms in total. The van der Waals surface area contributed by atoms with Crippen LogP contribution in [0.15, 0.2) is 65.7 Å². The third-order valence-corrected chi connectivity index (χ3v) is 4.91. The van der Waals surface area contributed by atoms with E-state index in [4.69, 9.17) is 0 Å². The lowest BCUT2D eigenvalue weighted by atomic mass is 10.0. The molecule has 1 heterocycles. The first-order valence-corrected chi connectivity index (χ1v) is 10.2. The van der Waals surface area contributed by atoms with Gasteiger partial charge in [0.2, 0.25) is 5.91 Å². The fourth-order valence-electron chi connectivity index (χ4n) is 3.03. The van der Waals surface area contributed by atoms with Gasteiger partial charge in [-0.2, -0.15) is 0 Å². The third kappa shape index (κ3) is 5.70. The molecule has 2 aromatic carbocycles. The molecule has 0 saturated carbocycles. The molecule has 2 amide bonds. The average Bonchev–Trinajstić information content (AvgIpc) is 3.20. The summed E-state index contributed by atoms with van der Waals surface area (Å²) >= 11 is 4.21. The molecule has 3 rings (SSSR count). The highest BCUT2D eigenvalue weighted by Crippen LogP contribution is 2.17. The monoisotopic (exact) mass is 423 g/mol. The Morgan fingerprint density at radius 1 is 1.00 bits per heavy atom. The molecule has 2 N–H and O–H groups in total. The number of carbonyl (C=O) groups excluding carboxylic acids is 2. The van der Waals surface area contributed by atoms with Crippen molar-refractivity contribution < 1.29 is 9.59 Å². The molecule has 0 fully saturated rings. The number of benzene rings is 2. The van der Waals surface area contributed by atoms with Crippen molar-refractivity contribution in [3.05, 3.63) is 77.6 Å². The first-order chi connectivity index (χ1) is 14.4. The van der Waals surface area contributed by atoms with Gasteiger partial charge in [0.1, 0.15) is 11.7 Å². The molecule has 1 atom stereocenters. The van der Waals surface area contributed by atoms with Crippen molar-refractivity contribution in [1.29, 1.82) is 0 Å². The molecule has 0 aliphatic rings. The Morgan fingerprint density at radius 2 is 1.70 bits per heavy atom. The lowest BCUT2D eigenvalue weighted by molar-refractivity contribution is -0.126. The molecule has 8 heteroatoms. The number of hydrogen-bond acceptors (Lipinski definition) is 5. The molecule has 0 spiro atoms. The normalized spacial score (nSPS) is 11.9. The molecule has 0 unspecified atom stereocenters. The van der Waals surface area contributed by atoms with E-state index in [-0.39, 0.29) is 24.3 Å². The second kappa shape index (κ2) is 10.1. The number of nitrogens with one attached hydrogen (secondary N) is 2. The smallest absolute Gasteiger partial charge is 0.251 e. The Balaban J connectivity index is 1.60. The SMILES string of the molecule is CC(C)[C@@H](C(=O)NCc1ccccc1)n1cc(CNC(=O)c2ccc(S)cc2)nn1. The van der Waals surface area contributed by atoms with Crippen LogP contribution in [0.25, 0.3) is 0 Å². The molecular weight excluding hydrogens is 398 g/mol. The summed E-state index contributed by atoms with van der Waals surface area (Å²) in [6, 6.07) is 16.2. The zero-order chi connectivity index (χ0) is 21.5. The quantitative estimate of drug-likeness (QED) is 0.486. The van der Waals surface area contributed by atoms with E-state index >= 15 is 0 Å². The number of thiol groups is 1. The molecular formula is C22H25N5O2S. The summed E-state index contributed by atoms with van der Waals surface area (Å²) in [5.74, 6) is -0.315. The van der Waals surface area contributed by atoms with Crippen molar-refractivity contribution in [3.63, 3.8) is 0 Å². The maximum atomic E-state index is 12.8. The van der Waals surface area contributed by atoms with Crippen LogP contribution in [0, 0.1) is 5.92 Å². The van der Waals surface area contributed by atoms with E-state index in [1.54, 1.807) is 35.1 Å². The van der Waals surface area contributed by atoms with E-state index in [1.165, 1.54) is 0 Å². The molecule has 0 radical (unpaired) electrons. The Morgan fingerprint density at radius 3 is 2.37 bits per heavy atom. The van der Waals surface area contributed by atoms with Crippen LogP contribution < -0.4 is 10.6 Å². The van der Waals surface area contributed by atoms with Gasteiger partial charge in [0.25, 0.3) is 5.91 Å².